The average molecular weight is 560 g/mol. The van der Waals surface area contributed by atoms with Gasteiger partial charge in [0.2, 0.25) is 5.91 Å². The van der Waals surface area contributed by atoms with E-state index in [-0.39, 0.29) is 16.8 Å². The van der Waals surface area contributed by atoms with E-state index in [4.69, 9.17) is 0 Å². The molecule has 0 saturated carbocycles. The van der Waals surface area contributed by atoms with Gasteiger partial charge < -0.3 is 10.2 Å². The second-order valence-corrected chi connectivity index (χ2v) is 10.6. The predicted molar refractivity (Wildman–Crippen MR) is 154 cm³/mol. The van der Waals surface area contributed by atoms with Gasteiger partial charge in [-0.1, -0.05) is 60.7 Å². The molecule has 0 aromatic heterocycles. The molecular formula is C33H22FN3O5. The number of nitrogens with zero attached hydrogens (tertiary/aromatic N) is 2. The van der Waals surface area contributed by atoms with E-state index in [9.17, 15) is 28.9 Å². The molecule has 4 aromatic carbocycles. The highest BCUT2D eigenvalue weighted by Gasteiger charge is 2.70. The Morgan fingerprint density at radius 2 is 1.62 bits per heavy atom. The largest absolute Gasteiger partial charge is 0.352 e. The predicted octanol–water partition coefficient (Wildman–Crippen LogP) is 5.59. The van der Waals surface area contributed by atoms with E-state index in [0.717, 1.165) is 17.7 Å². The summed E-state index contributed by atoms with van der Waals surface area (Å²) in [7, 11) is 0. The highest BCUT2D eigenvalue weighted by molar-refractivity contribution is 6.18. The van der Waals surface area contributed by atoms with Gasteiger partial charge in [-0.2, -0.15) is 0 Å². The zero-order valence-electron chi connectivity index (χ0n) is 21.9. The maximum absolute atomic E-state index is 14.6. The van der Waals surface area contributed by atoms with Crippen LogP contribution in [-0.4, -0.2) is 34.5 Å². The number of Topliss-reactive ketones (excluding diaryl/α,β-unsaturated/α-hetero) is 2. The van der Waals surface area contributed by atoms with E-state index < -0.39 is 51.6 Å². The molecule has 0 radical (unpaired) electrons. The molecule has 7 rings (SSSR count). The molecule has 1 spiro atoms. The molecule has 9 heteroatoms. The van der Waals surface area contributed by atoms with Gasteiger partial charge in [-0.05, 0) is 47.5 Å². The van der Waals surface area contributed by atoms with Gasteiger partial charge in [0.05, 0.1) is 16.9 Å². The SMILES string of the molecule is O=C(c1ccc(F)cc1)[C@@H]1[C@H](C(=O)c2cccc([N+](=O)[O-])c2)N2c3ccccc3C=CC2[C@@]12C(=O)Nc1ccccc12. The lowest BCUT2D eigenvalue weighted by molar-refractivity contribution is -0.384. The summed E-state index contributed by atoms with van der Waals surface area (Å²) in [6, 6.07) is 22.9. The Morgan fingerprint density at radius 1 is 0.881 bits per heavy atom. The first-order chi connectivity index (χ1) is 20.3. The number of ketones is 2. The van der Waals surface area contributed by atoms with Crippen LogP contribution >= 0.6 is 0 Å². The second kappa shape index (κ2) is 9.31. The van der Waals surface area contributed by atoms with E-state index in [1.807, 2.05) is 41.3 Å². The first kappa shape index (κ1) is 25.5. The molecule has 0 aliphatic carbocycles. The zero-order valence-corrected chi connectivity index (χ0v) is 21.9. The third-order valence-corrected chi connectivity index (χ3v) is 8.56. The standard InChI is InChI=1S/C33H22FN3O5/c34-22-15-12-20(13-16-22)30(38)28-29(31(39)21-7-5-8-23(18-21)37(41)42)36-26-11-4-1-6-19(26)14-17-27(36)33(28)24-9-2-3-10-25(24)35-32(33)40/h1-18,27-29H,(H,35,40)/t27?,28-,29+,33+/m0/s1. The van der Waals surface area contributed by atoms with E-state index in [2.05, 4.69) is 5.32 Å². The quantitative estimate of drug-likeness (QED) is 0.194. The number of para-hydroxylation sites is 2. The van der Waals surface area contributed by atoms with Crippen molar-refractivity contribution >= 4 is 40.6 Å². The van der Waals surface area contributed by atoms with Crippen LogP contribution in [0.5, 0.6) is 0 Å². The number of nitro benzene ring substituents is 1. The normalized spacial score (nSPS) is 23.2. The van der Waals surface area contributed by atoms with Crippen molar-refractivity contribution in [1.82, 2.24) is 0 Å². The molecule has 8 nitrogen and oxygen atoms in total. The number of amides is 1. The maximum Gasteiger partial charge on any atom is 0.270 e. The van der Waals surface area contributed by atoms with E-state index in [0.29, 0.717) is 16.9 Å². The first-order valence-electron chi connectivity index (χ1n) is 13.4. The van der Waals surface area contributed by atoms with Gasteiger partial charge in [-0.3, -0.25) is 24.5 Å². The third kappa shape index (κ3) is 3.49. The van der Waals surface area contributed by atoms with Gasteiger partial charge >= 0.3 is 0 Å². The van der Waals surface area contributed by atoms with Crippen LogP contribution in [0.15, 0.2) is 103 Å². The van der Waals surface area contributed by atoms with Crippen LogP contribution in [0.4, 0.5) is 21.5 Å². The van der Waals surface area contributed by atoms with E-state index in [1.54, 1.807) is 24.3 Å². The molecule has 1 fully saturated rings. The number of nitrogens with one attached hydrogen (secondary N) is 1. The average Bonchev–Trinajstić information content (AvgIpc) is 3.49. The monoisotopic (exact) mass is 559 g/mol. The molecule has 206 valence electrons. The number of halogens is 1. The zero-order chi connectivity index (χ0) is 29.2. The number of carbonyl (C=O) groups is 3. The van der Waals surface area contributed by atoms with Crippen molar-refractivity contribution in [2.24, 2.45) is 5.92 Å². The molecule has 3 aliphatic rings. The molecule has 1 unspecified atom stereocenters. The lowest BCUT2D eigenvalue weighted by atomic mass is 9.64. The van der Waals surface area contributed by atoms with Crippen molar-refractivity contribution in [2.45, 2.75) is 17.5 Å². The van der Waals surface area contributed by atoms with Crippen molar-refractivity contribution in [3.63, 3.8) is 0 Å². The number of hydrogen-bond donors (Lipinski definition) is 1. The van der Waals surface area contributed by atoms with Crippen LogP contribution in [-0.2, 0) is 10.2 Å². The van der Waals surface area contributed by atoms with Crippen molar-refractivity contribution in [1.29, 1.82) is 0 Å². The minimum atomic E-state index is -1.53. The summed E-state index contributed by atoms with van der Waals surface area (Å²) < 4.78 is 13.9. The van der Waals surface area contributed by atoms with Gasteiger partial charge in [0.25, 0.3) is 5.69 Å². The van der Waals surface area contributed by atoms with Crippen LogP contribution in [0.2, 0.25) is 0 Å². The Balaban J connectivity index is 1.53. The summed E-state index contributed by atoms with van der Waals surface area (Å²) >= 11 is 0. The topological polar surface area (TPSA) is 110 Å². The van der Waals surface area contributed by atoms with Gasteiger partial charge in [-0.15, -0.1) is 0 Å². The summed E-state index contributed by atoms with van der Waals surface area (Å²) in [5.74, 6) is -3.28. The fourth-order valence-electron chi connectivity index (χ4n) is 6.86. The van der Waals surface area contributed by atoms with Gasteiger partial charge in [0.15, 0.2) is 11.6 Å². The number of nitro groups is 1. The molecule has 4 aromatic rings. The minimum absolute atomic E-state index is 0.0423. The Hall–Kier alpha value is -5.44. The summed E-state index contributed by atoms with van der Waals surface area (Å²) in [4.78, 5) is 56.4. The minimum Gasteiger partial charge on any atom is -0.352 e. The Bertz CT molecular complexity index is 1850. The molecule has 4 atom stereocenters. The number of fused-ring (bicyclic) bond motifs is 6. The van der Waals surface area contributed by atoms with E-state index in [1.165, 1.54) is 36.4 Å². The van der Waals surface area contributed by atoms with Gasteiger partial charge in [0.1, 0.15) is 17.3 Å². The molecular weight excluding hydrogens is 537 g/mol. The Kier molecular flexibility index (Phi) is 5.65. The number of non-ortho nitro benzene ring substituents is 1. The number of rotatable bonds is 5. The van der Waals surface area contributed by atoms with Gasteiger partial charge in [-0.25, -0.2) is 4.39 Å². The van der Waals surface area contributed by atoms with Crippen molar-refractivity contribution in [3.05, 3.63) is 141 Å². The summed E-state index contributed by atoms with van der Waals surface area (Å²) in [6.07, 6.45) is 3.72. The van der Waals surface area contributed by atoms with Crippen molar-refractivity contribution in [2.75, 3.05) is 10.2 Å². The molecule has 3 aliphatic heterocycles. The molecule has 1 amide bonds. The smallest absolute Gasteiger partial charge is 0.270 e. The summed E-state index contributed by atoms with van der Waals surface area (Å²) in [6.45, 7) is 0. The number of carbonyl (C=O) groups excluding carboxylic acids is 3. The number of anilines is 2. The Labute approximate surface area is 239 Å². The summed E-state index contributed by atoms with van der Waals surface area (Å²) in [5.41, 5.74) is 0.940. The molecule has 3 heterocycles. The van der Waals surface area contributed by atoms with Crippen LogP contribution in [0.1, 0.15) is 31.8 Å². The number of benzene rings is 4. The lowest BCUT2D eigenvalue weighted by Gasteiger charge is -2.37. The molecule has 1 saturated heterocycles. The highest BCUT2D eigenvalue weighted by atomic mass is 19.1. The van der Waals surface area contributed by atoms with Crippen molar-refractivity contribution in [3.8, 4) is 0 Å². The fourth-order valence-corrected chi connectivity index (χ4v) is 6.86. The first-order valence-corrected chi connectivity index (χ1v) is 13.4. The highest BCUT2D eigenvalue weighted by Crippen LogP contribution is 2.58. The molecule has 1 N–H and O–H groups in total. The maximum atomic E-state index is 14.6. The van der Waals surface area contributed by atoms with Crippen molar-refractivity contribution < 1.29 is 23.7 Å². The van der Waals surface area contributed by atoms with Crippen LogP contribution in [0.25, 0.3) is 6.08 Å². The summed E-state index contributed by atoms with van der Waals surface area (Å²) in [5, 5.41) is 14.5. The van der Waals surface area contributed by atoms with Gasteiger partial charge in [0, 0.05) is 34.6 Å². The molecule has 42 heavy (non-hydrogen) atoms. The molecule has 0 bridgehead atoms. The van der Waals surface area contributed by atoms with Crippen LogP contribution in [0.3, 0.4) is 0 Å². The number of hydrogen-bond acceptors (Lipinski definition) is 6. The fraction of sp³-hybridized carbons (Fsp3) is 0.121. The Morgan fingerprint density at radius 3 is 2.40 bits per heavy atom. The third-order valence-electron chi connectivity index (χ3n) is 8.56. The van der Waals surface area contributed by atoms with Crippen LogP contribution in [0, 0.1) is 21.8 Å². The second-order valence-electron chi connectivity index (χ2n) is 10.6. The van der Waals surface area contributed by atoms with E-state index >= 15 is 0 Å². The van der Waals surface area contributed by atoms with Crippen LogP contribution < -0.4 is 10.2 Å². The lowest BCUT2D eigenvalue weighted by Crippen LogP contribution is -2.51.